The van der Waals surface area contributed by atoms with Crippen LogP contribution in [0.25, 0.3) is 0 Å². The van der Waals surface area contributed by atoms with Crippen molar-refractivity contribution in [1.82, 2.24) is 5.01 Å². The third-order valence-corrected chi connectivity index (χ3v) is 2.76. The Morgan fingerprint density at radius 2 is 1.71 bits per heavy atom. The molecule has 0 saturated carbocycles. The summed E-state index contributed by atoms with van der Waals surface area (Å²) in [5, 5.41) is 3.40. The fourth-order valence-corrected chi connectivity index (χ4v) is 1.65. The predicted molar refractivity (Wildman–Crippen MR) is 81.1 cm³/mol. The van der Waals surface area contributed by atoms with Crippen molar-refractivity contribution in [2.24, 2.45) is 5.10 Å². The molecule has 0 fully saturated rings. The number of nitrogen functional groups attached to an aromatic ring is 1. The maximum atomic E-state index is 12.5. The lowest BCUT2D eigenvalue weighted by Crippen LogP contribution is -2.33. The van der Waals surface area contributed by atoms with Crippen molar-refractivity contribution >= 4 is 11.4 Å². The molecule has 0 aliphatic rings. The molecule has 0 amide bonds. The monoisotopic (exact) mass is 353 g/mol. The highest BCUT2D eigenvalue weighted by atomic mass is 19.4. The van der Waals surface area contributed by atoms with Crippen LogP contribution in [0.15, 0.2) is 23.3 Å². The van der Waals surface area contributed by atoms with E-state index in [9.17, 15) is 26.3 Å². The minimum atomic E-state index is -4.78. The minimum Gasteiger partial charge on any atom is -0.399 e. The standard InChI is InChI=1S/C13H15F6N3.C2H2/c1-8-5-10(3-4-11(8)20)6-22(7-12(14,15)16)21-9(2)13(17,18)19;1-2/h3-5H,6-7,20H2,1-2H3;1-2H/b21-9+;. The van der Waals surface area contributed by atoms with Crippen molar-refractivity contribution in [3.8, 4) is 12.8 Å². The summed E-state index contributed by atoms with van der Waals surface area (Å²) in [6, 6.07) is 4.44. The van der Waals surface area contributed by atoms with Crippen LogP contribution in [0.1, 0.15) is 18.1 Å². The van der Waals surface area contributed by atoms with E-state index in [1.54, 1.807) is 6.92 Å². The summed E-state index contributed by atoms with van der Waals surface area (Å²) in [4.78, 5) is 0. The van der Waals surface area contributed by atoms with Crippen LogP contribution < -0.4 is 5.73 Å². The molecule has 1 aromatic carbocycles. The molecular weight excluding hydrogens is 336 g/mol. The average molecular weight is 353 g/mol. The van der Waals surface area contributed by atoms with E-state index in [1.165, 1.54) is 18.2 Å². The van der Waals surface area contributed by atoms with Gasteiger partial charge in [0.05, 0.1) is 6.54 Å². The van der Waals surface area contributed by atoms with Gasteiger partial charge in [-0.2, -0.15) is 31.4 Å². The molecule has 0 aliphatic carbocycles. The number of benzene rings is 1. The Morgan fingerprint density at radius 1 is 1.17 bits per heavy atom. The first-order valence-electron chi connectivity index (χ1n) is 6.51. The van der Waals surface area contributed by atoms with E-state index < -0.39 is 31.2 Å². The maximum Gasteiger partial charge on any atom is 0.430 e. The van der Waals surface area contributed by atoms with Gasteiger partial charge in [0, 0.05) is 5.69 Å². The maximum absolute atomic E-state index is 12.5. The first-order chi connectivity index (χ1) is 10.9. The highest BCUT2D eigenvalue weighted by Gasteiger charge is 2.35. The van der Waals surface area contributed by atoms with Gasteiger partial charge in [0.15, 0.2) is 0 Å². The smallest absolute Gasteiger partial charge is 0.399 e. The number of anilines is 1. The molecule has 1 aromatic rings. The molecule has 0 aliphatic heterocycles. The van der Waals surface area contributed by atoms with E-state index in [-0.39, 0.29) is 0 Å². The van der Waals surface area contributed by atoms with E-state index in [0.717, 1.165) is 0 Å². The van der Waals surface area contributed by atoms with Gasteiger partial charge in [-0.1, -0.05) is 12.1 Å². The van der Waals surface area contributed by atoms with Crippen LogP contribution in [-0.4, -0.2) is 29.6 Å². The van der Waals surface area contributed by atoms with E-state index in [0.29, 0.717) is 28.7 Å². The number of hydrogen-bond donors (Lipinski definition) is 1. The van der Waals surface area contributed by atoms with Gasteiger partial charge >= 0.3 is 12.4 Å². The highest BCUT2D eigenvalue weighted by Crippen LogP contribution is 2.22. The quantitative estimate of drug-likeness (QED) is 0.291. The largest absolute Gasteiger partial charge is 0.430 e. The minimum absolute atomic E-state index is 0.341. The zero-order valence-corrected chi connectivity index (χ0v) is 13.0. The second-order valence-corrected chi connectivity index (χ2v) is 4.81. The summed E-state index contributed by atoms with van der Waals surface area (Å²) in [5.74, 6) is 0. The number of terminal acetylenes is 1. The number of aryl methyl sites for hydroxylation is 1. The molecule has 134 valence electrons. The molecular formula is C15H17F6N3. The van der Waals surface area contributed by atoms with E-state index in [4.69, 9.17) is 5.73 Å². The van der Waals surface area contributed by atoms with Gasteiger partial charge in [0.25, 0.3) is 0 Å². The van der Waals surface area contributed by atoms with E-state index in [1.807, 2.05) is 0 Å². The molecule has 0 atom stereocenters. The molecule has 0 bridgehead atoms. The molecule has 0 radical (unpaired) electrons. The van der Waals surface area contributed by atoms with Crippen LogP contribution in [0.4, 0.5) is 32.0 Å². The molecule has 2 N–H and O–H groups in total. The van der Waals surface area contributed by atoms with Crippen LogP contribution in [0.2, 0.25) is 0 Å². The number of nitrogens with zero attached hydrogens (tertiary/aromatic N) is 2. The Balaban J connectivity index is 0.00000254. The molecule has 3 nitrogen and oxygen atoms in total. The Hall–Kier alpha value is -2.37. The fraction of sp³-hybridized carbons (Fsp3) is 0.400. The van der Waals surface area contributed by atoms with Crippen LogP contribution >= 0.6 is 0 Å². The molecule has 9 heteroatoms. The lowest BCUT2D eigenvalue weighted by molar-refractivity contribution is -0.147. The molecule has 1 rings (SSSR count). The van der Waals surface area contributed by atoms with Gasteiger partial charge in [0.1, 0.15) is 12.3 Å². The van der Waals surface area contributed by atoms with Crippen molar-refractivity contribution in [1.29, 1.82) is 0 Å². The molecule has 0 spiro atoms. The number of nitrogens with two attached hydrogens (primary N) is 1. The summed E-state index contributed by atoms with van der Waals surface area (Å²) in [7, 11) is 0. The Kier molecular flexibility index (Phi) is 7.64. The second-order valence-electron chi connectivity index (χ2n) is 4.81. The van der Waals surface area contributed by atoms with Crippen LogP contribution in [0.5, 0.6) is 0 Å². The van der Waals surface area contributed by atoms with E-state index in [2.05, 4.69) is 17.9 Å². The van der Waals surface area contributed by atoms with Gasteiger partial charge in [-0.05, 0) is 31.0 Å². The van der Waals surface area contributed by atoms with Crippen molar-refractivity contribution in [3.05, 3.63) is 29.3 Å². The first kappa shape index (κ1) is 21.6. The lowest BCUT2D eigenvalue weighted by atomic mass is 10.1. The van der Waals surface area contributed by atoms with Crippen LogP contribution in [0.3, 0.4) is 0 Å². The van der Waals surface area contributed by atoms with Gasteiger partial charge in [0.2, 0.25) is 0 Å². The van der Waals surface area contributed by atoms with Gasteiger partial charge in [-0.25, -0.2) is 0 Å². The van der Waals surface area contributed by atoms with E-state index >= 15 is 0 Å². The number of hydrogen-bond acceptors (Lipinski definition) is 3. The summed E-state index contributed by atoms with van der Waals surface area (Å²) in [6.45, 7) is 0.284. The SMILES string of the molecule is C#C.C/C(=N\N(Cc1ccc(N)c(C)c1)CC(F)(F)F)C(F)(F)F. The fourth-order valence-electron chi connectivity index (χ4n) is 1.65. The van der Waals surface area contributed by atoms with Gasteiger partial charge in [-0.15, -0.1) is 12.8 Å². The summed E-state index contributed by atoms with van der Waals surface area (Å²) >= 11 is 0. The molecule has 24 heavy (non-hydrogen) atoms. The molecule has 0 heterocycles. The van der Waals surface area contributed by atoms with Crippen LogP contribution in [0, 0.1) is 19.8 Å². The number of rotatable bonds is 4. The topological polar surface area (TPSA) is 41.6 Å². The van der Waals surface area contributed by atoms with Gasteiger partial charge < -0.3 is 5.73 Å². The zero-order chi connectivity index (χ0) is 19.1. The Morgan fingerprint density at radius 3 is 2.12 bits per heavy atom. The van der Waals surface area contributed by atoms with Crippen molar-refractivity contribution in [2.75, 3.05) is 12.3 Å². The zero-order valence-electron chi connectivity index (χ0n) is 13.0. The predicted octanol–water partition coefficient (Wildman–Crippen LogP) is 4.13. The molecule has 0 unspecified atom stereocenters. The normalized spacial score (nSPS) is 12.3. The van der Waals surface area contributed by atoms with Gasteiger partial charge in [-0.3, -0.25) is 5.01 Å². The van der Waals surface area contributed by atoms with Crippen LogP contribution in [-0.2, 0) is 6.54 Å². The number of halogens is 6. The lowest BCUT2D eigenvalue weighted by Gasteiger charge is -2.22. The Bertz CT molecular complexity index is 587. The third-order valence-electron chi connectivity index (χ3n) is 2.76. The molecule has 0 aromatic heterocycles. The highest BCUT2D eigenvalue weighted by molar-refractivity contribution is 5.87. The van der Waals surface area contributed by atoms with Crippen molar-refractivity contribution < 1.29 is 26.3 Å². The average Bonchev–Trinajstić information content (AvgIpc) is 2.42. The second kappa shape index (κ2) is 8.47. The molecule has 0 saturated heterocycles. The first-order valence-corrected chi connectivity index (χ1v) is 6.51. The number of hydrazone groups is 1. The third kappa shape index (κ3) is 7.76. The summed E-state index contributed by atoms with van der Waals surface area (Å²) in [5.41, 5.74) is 5.70. The van der Waals surface area contributed by atoms with Crippen molar-refractivity contribution in [3.63, 3.8) is 0 Å². The number of alkyl halides is 6. The Labute approximate surface area is 136 Å². The summed E-state index contributed by atoms with van der Waals surface area (Å²) in [6.07, 6.45) is -1.45. The van der Waals surface area contributed by atoms with Crippen molar-refractivity contribution in [2.45, 2.75) is 32.7 Å². The summed E-state index contributed by atoms with van der Waals surface area (Å²) < 4.78 is 74.8.